The minimum Gasteiger partial charge on any atom is -0.479 e. The van der Waals surface area contributed by atoms with Crippen molar-refractivity contribution in [2.24, 2.45) is 5.92 Å². The van der Waals surface area contributed by atoms with Crippen LogP contribution in [-0.4, -0.2) is 18.1 Å². The number of nitrogens with one attached hydrogen (secondary N) is 1. The minimum atomic E-state index is 0.280. The average molecular weight is 232 g/mol. The predicted octanol–water partition coefficient (Wildman–Crippen LogP) is 2.15. The fourth-order valence-electron chi connectivity index (χ4n) is 1.45. The molecule has 1 rings (SSSR count). The summed E-state index contributed by atoms with van der Waals surface area (Å²) in [6.07, 6.45) is 5.19. The van der Waals surface area contributed by atoms with E-state index >= 15 is 0 Å². The molecule has 0 bridgehead atoms. The normalized spacial score (nSPS) is 10.3. The van der Waals surface area contributed by atoms with E-state index < -0.39 is 0 Å². The van der Waals surface area contributed by atoms with E-state index in [1.165, 1.54) is 0 Å². The Morgan fingerprint density at radius 2 is 2.24 bits per heavy atom. The molecular weight excluding hydrogens is 212 g/mol. The summed E-state index contributed by atoms with van der Waals surface area (Å²) in [7, 11) is 0. The summed E-state index contributed by atoms with van der Waals surface area (Å²) in [6, 6.07) is 3.85. The van der Waals surface area contributed by atoms with Gasteiger partial charge in [-0.05, 0) is 31.5 Å². The van der Waals surface area contributed by atoms with E-state index in [4.69, 9.17) is 11.2 Å². The van der Waals surface area contributed by atoms with Crippen molar-refractivity contribution < 1.29 is 4.74 Å². The maximum atomic E-state index is 5.46. The number of aryl methyl sites for hydroxylation is 1. The molecule has 17 heavy (non-hydrogen) atoms. The number of hydrogen-bond acceptors (Lipinski definition) is 3. The quantitative estimate of drug-likeness (QED) is 0.763. The van der Waals surface area contributed by atoms with Crippen molar-refractivity contribution in [1.29, 1.82) is 0 Å². The number of nitrogens with zero attached hydrogens (tertiary/aromatic N) is 1. The lowest BCUT2D eigenvalue weighted by atomic mass is 10.2. The van der Waals surface area contributed by atoms with Crippen LogP contribution in [0.2, 0.25) is 0 Å². The minimum absolute atomic E-state index is 0.280. The molecule has 0 spiro atoms. The third-order valence-electron chi connectivity index (χ3n) is 2.23. The Kier molecular flexibility index (Phi) is 5.51. The molecule has 1 aromatic rings. The summed E-state index contributed by atoms with van der Waals surface area (Å²) in [6.45, 7) is 8.27. The van der Waals surface area contributed by atoms with Crippen molar-refractivity contribution in [3.63, 3.8) is 0 Å². The molecule has 0 unspecified atom stereocenters. The lowest BCUT2D eigenvalue weighted by molar-refractivity contribution is 0.361. The lowest BCUT2D eigenvalue weighted by Gasteiger charge is -2.11. The number of aromatic nitrogens is 1. The van der Waals surface area contributed by atoms with Gasteiger partial charge in [-0.2, -0.15) is 0 Å². The van der Waals surface area contributed by atoms with Crippen molar-refractivity contribution in [2.45, 2.75) is 27.3 Å². The van der Waals surface area contributed by atoms with E-state index in [2.05, 4.69) is 30.1 Å². The van der Waals surface area contributed by atoms with E-state index in [0.717, 1.165) is 23.7 Å². The van der Waals surface area contributed by atoms with Gasteiger partial charge in [-0.25, -0.2) is 0 Å². The van der Waals surface area contributed by atoms with Crippen molar-refractivity contribution >= 4 is 0 Å². The largest absolute Gasteiger partial charge is 0.479 e. The Morgan fingerprint density at radius 1 is 1.47 bits per heavy atom. The van der Waals surface area contributed by atoms with Gasteiger partial charge in [-0.3, -0.25) is 4.98 Å². The first-order chi connectivity index (χ1) is 8.13. The molecule has 3 heteroatoms. The van der Waals surface area contributed by atoms with E-state index in [1.54, 1.807) is 0 Å². The highest BCUT2D eigenvalue weighted by molar-refractivity contribution is 5.29. The van der Waals surface area contributed by atoms with Crippen LogP contribution in [-0.2, 0) is 6.54 Å². The Labute approximate surface area is 104 Å². The van der Waals surface area contributed by atoms with Gasteiger partial charge in [-0.1, -0.05) is 19.8 Å². The number of ether oxygens (including phenoxy) is 1. The Morgan fingerprint density at radius 3 is 2.88 bits per heavy atom. The van der Waals surface area contributed by atoms with Crippen molar-refractivity contribution in [3.05, 3.63) is 23.5 Å². The Bertz CT molecular complexity index is 394. The summed E-state index contributed by atoms with van der Waals surface area (Å²) >= 11 is 0. The van der Waals surface area contributed by atoms with Crippen molar-refractivity contribution in [2.75, 3.05) is 13.2 Å². The highest BCUT2D eigenvalue weighted by Gasteiger charge is 2.05. The number of terminal acetylenes is 1. The van der Waals surface area contributed by atoms with Gasteiger partial charge >= 0.3 is 0 Å². The molecule has 0 fully saturated rings. The topological polar surface area (TPSA) is 34.1 Å². The first-order valence-electron chi connectivity index (χ1n) is 5.87. The monoisotopic (exact) mass is 232 g/mol. The zero-order chi connectivity index (χ0) is 12.7. The first kappa shape index (κ1) is 13.5. The van der Waals surface area contributed by atoms with Crippen LogP contribution < -0.4 is 10.1 Å². The molecule has 0 aliphatic carbocycles. The predicted molar refractivity (Wildman–Crippen MR) is 69.8 cm³/mol. The van der Waals surface area contributed by atoms with Crippen LogP contribution in [0.1, 0.15) is 25.2 Å². The van der Waals surface area contributed by atoms with Gasteiger partial charge in [0.1, 0.15) is 12.4 Å². The highest BCUT2D eigenvalue weighted by atomic mass is 16.5. The fraction of sp³-hybridized carbons (Fsp3) is 0.500. The van der Waals surface area contributed by atoms with Crippen LogP contribution in [0.3, 0.4) is 0 Å². The third kappa shape index (κ3) is 4.88. The first-order valence-corrected chi connectivity index (χ1v) is 5.87. The summed E-state index contributed by atoms with van der Waals surface area (Å²) in [5.74, 6) is 3.85. The van der Waals surface area contributed by atoms with Gasteiger partial charge in [0.2, 0.25) is 0 Å². The van der Waals surface area contributed by atoms with E-state index in [9.17, 15) is 0 Å². The number of hydrogen-bond donors (Lipinski definition) is 1. The molecule has 0 aromatic carbocycles. The van der Waals surface area contributed by atoms with Crippen LogP contribution in [0.4, 0.5) is 0 Å². The third-order valence-corrected chi connectivity index (χ3v) is 2.23. The molecular formula is C14H20N2O. The molecule has 0 saturated heterocycles. The second-order valence-electron chi connectivity index (χ2n) is 4.42. The van der Waals surface area contributed by atoms with Gasteiger partial charge in [-0.15, -0.1) is 6.42 Å². The molecule has 0 atom stereocenters. The molecule has 0 aliphatic rings. The van der Waals surface area contributed by atoms with Crippen LogP contribution in [0, 0.1) is 25.2 Å². The van der Waals surface area contributed by atoms with Crippen LogP contribution in [0.25, 0.3) is 0 Å². The highest BCUT2D eigenvalue weighted by Crippen LogP contribution is 2.16. The van der Waals surface area contributed by atoms with E-state index in [1.807, 2.05) is 19.1 Å². The van der Waals surface area contributed by atoms with Gasteiger partial charge in [0.15, 0.2) is 0 Å². The van der Waals surface area contributed by atoms with Gasteiger partial charge in [0, 0.05) is 12.2 Å². The molecule has 1 heterocycles. The SMILES string of the molecule is C#CCOc1ccc(C)nc1CNCC(C)C. The molecule has 3 nitrogen and oxygen atoms in total. The second kappa shape index (κ2) is 6.93. The number of pyridine rings is 1. The summed E-state index contributed by atoms with van der Waals surface area (Å²) in [4.78, 5) is 4.47. The molecule has 0 amide bonds. The average Bonchev–Trinajstić information content (AvgIpc) is 2.27. The molecule has 1 N–H and O–H groups in total. The zero-order valence-corrected chi connectivity index (χ0v) is 10.8. The summed E-state index contributed by atoms with van der Waals surface area (Å²) < 4.78 is 5.46. The number of rotatable bonds is 6. The molecule has 1 aromatic heterocycles. The lowest BCUT2D eigenvalue weighted by Crippen LogP contribution is -2.20. The molecule has 0 aliphatic heterocycles. The van der Waals surface area contributed by atoms with E-state index in [0.29, 0.717) is 12.5 Å². The fourth-order valence-corrected chi connectivity index (χ4v) is 1.45. The van der Waals surface area contributed by atoms with Crippen molar-refractivity contribution in [3.8, 4) is 18.1 Å². The summed E-state index contributed by atoms with van der Waals surface area (Å²) in [5, 5.41) is 3.35. The van der Waals surface area contributed by atoms with Crippen LogP contribution >= 0.6 is 0 Å². The summed E-state index contributed by atoms with van der Waals surface area (Å²) in [5.41, 5.74) is 1.90. The Balaban J connectivity index is 2.66. The maximum absolute atomic E-state index is 5.46. The van der Waals surface area contributed by atoms with Crippen molar-refractivity contribution in [1.82, 2.24) is 10.3 Å². The molecule has 92 valence electrons. The smallest absolute Gasteiger partial charge is 0.148 e. The van der Waals surface area contributed by atoms with E-state index in [-0.39, 0.29) is 6.61 Å². The maximum Gasteiger partial charge on any atom is 0.148 e. The van der Waals surface area contributed by atoms with Gasteiger partial charge in [0.05, 0.1) is 5.69 Å². The second-order valence-corrected chi connectivity index (χ2v) is 4.42. The van der Waals surface area contributed by atoms with Gasteiger partial charge < -0.3 is 10.1 Å². The zero-order valence-electron chi connectivity index (χ0n) is 10.8. The van der Waals surface area contributed by atoms with Gasteiger partial charge in [0.25, 0.3) is 0 Å². The van der Waals surface area contributed by atoms with Crippen LogP contribution in [0.15, 0.2) is 12.1 Å². The molecule has 0 radical (unpaired) electrons. The Hall–Kier alpha value is -1.53. The van der Waals surface area contributed by atoms with Crippen LogP contribution in [0.5, 0.6) is 5.75 Å². The standard InChI is InChI=1S/C14H20N2O/c1-5-8-17-14-7-6-12(4)16-13(14)10-15-9-11(2)3/h1,6-7,11,15H,8-10H2,2-4H3. The molecule has 0 saturated carbocycles.